The molecular formula is C18H24N2O3S. The summed E-state index contributed by atoms with van der Waals surface area (Å²) in [5.41, 5.74) is -0.352. The quantitative estimate of drug-likeness (QED) is 0.844. The number of oxazole rings is 1. The van der Waals surface area contributed by atoms with Crippen molar-refractivity contribution in [3.8, 4) is 0 Å². The lowest BCUT2D eigenvalue weighted by Gasteiger charge is -2.26. The maximum Gasteiger partial charge on any atom is 0.236 e. The fourth-order valence-corrected chi connectivity index (χ4v) is 4.14. The zero-order valence-electron chi connectivity index (χ0n) is 14.4. The van der Waals surface area contributed by atoms with E-state index in [0.717, 1.165) is 32.4 Å². The highest BCUT2D eigenvalue weighted by Crippen LogP contribution is 2.35. The van der Waals surface area contributed by atoms with Crippen molar-refractivity contribution in [1.29, 1.82) is 0 Å². The second-order valence-electron chi connectivity index (χ2n) is 7.24. The maximum absolute atomic E-state index is 13.1. The van der Waals surface area contributed by atoms with E-state index in [2.05, 4.69) is 4.98 Å². The summed E-state index contributed by atoms with van der Waals surface area (Å²) in [6.07, 6.45) is 3.24. The Morgan fingerprint density at radius 1 is 1.04 bits per heavy atom. The van der Waals surface area contributed by atoms with Crippen LogP contribution < -0.4 is 4.90 Å². The molecular weight excluding hydrogens is 324 g/mol. The maximum atomic E-state index is 13.1. The summed E-state index contributed by atoms with van der Waals surface area (Å²) >= 11 is 0. The highest BCUT2D eigenvalue weighted by atomic mass is 32.2. The topological polar surface area (TPSA) is 63.4 Å². The smallest absolute Gasteiger partial charge is 0.236 e. The van der Waals surface area contributed by atoms with Crippen molar-refractivity contribution in [3.63, 3.8) is 0 Å². The Kier molecular flexibility index (Phi) is 4.42. The van der Waals surface area contributed by atoms with Crippen LogP contribution in [0.4, 0.5) is 5.88 Å². The molecule has 0 amide bonds. The Bertz CT molecular complexity index is 799. The van der Waals surface area contributed by atoms with Crippen LogP contribution in [0, 0.1) is 0 Å². The van der Waals surface area contributed by atoms with E-state index < -0.39 is 9.84 Å². The molecule has 6 heteroatoms. The summed E-state index contributed by atoms with van der Waals surface area (Å²) in [5, 5.41) is 0.0422. The molecule has 0 spiro atoms. The molecule has 130 valence electrons. The normalized spacial score (nSPS) is 16.4. The first kappa shape index (κ1) is 17.0. The molecule has 1 aromatic heterocycles. The van der Waals surface area contributed by atoms with Crippen LogP contribution in [-0.2, 0) is 15.3 Å². The van der Waals surface area contributed by atoms with Crippen molar-refractivity contribution in [3.05, 3.63) is 36.2 Å². The van der Waals surface area contributed by atoms with E-state index in [1.54, 1.807) is 30.3 Å². The molecule has 0 radical (unpaired) electrons. The Hall–Kier alpha value is -1.82. The van der Waals surface area contributed by atoms with E-state index in [4.69, 9.17) is 4.42 Å². The average molecular weight is 348 g/mol. The first-order valence-electron chi connectivity index (χ1n) is 8.36. The number of piperidine rings is 1. The molecule has 0 atom stereocenters. The first-order valence-corrected chi connectivity index (χ1v) is 9.85. The summed E-state index contributed by atoms with van der Waals surface area (Å²) in [7, 11) is -3.70. The lowest BCUT2D eigenvalue weighted by atomic mass is 9.97. The van der Waals surface area contributed by atoms with Crippen molar-refractivity contribution >= 4 is 15.7 Å². The highest BCUT2D eigenvalue weighted by Gasteiger charge is 2.34. The number of hydrogen-bond donors (Lipinski definition) is 0. The van der Waals surface area contributed by atoms with Gasteiger partial charge in [0.25, 0.3) is 0 Å². The molecule has 1 aliphatic rings. The van der Waals surface area contributed by atoms with Gasteiger partial charge in [0, 0.05) is 18.5 Å². The van der Waals surface area contributed by atoms with Crippen LogP contribution in [0.15, 0.2) is 44.7 Å². The predicted octanol–water partition coefficient (Wildman–Crippen LogP) is 3.80. The number of rotatable bonds is 3. The molecule has 2 heterocycles. The van der Waals surface area contributed by atoms with Crippen LogP contribution in [0.25, 0.3) is 0 Å². The minimum atomic E-state index is -3.70. The first-order chi connectivity index (χ1) is 11.3. The summed E-state index contributed by atoms with van der Waals surface area (Å²) in [5.74, 6) is 0.848. The molecule has 0 saturated carbocycles. The molecule has 2 aromatic rings. The van der Waals surface area contributed by atoms with Gasteiger partial charge in [0.1, 0.15) is 0 Å². The van der Waals surface area contributed by atoms with Gasteiger partial charge < -0.3 is 9.32 Å². The van der Waals surface area contributed by atoms with Crippen LogP contribution in [-0.4, -0.2) is 26.5 Å². The second-order valence-corrected chi connectivity index (χ2v) is 9.11. The minimum absolute atomic E-state index is 0.0422. The molecule has 1 aliphatic heterocycles. The van der Waals surface area contributed by atoms with Gasteiger partial charge in [-0.3, -0.25) is 0 Å². The number of nitrogens with zero attached hydrogens (tertiary/aromatic N) is 2. The largest absolute Gasteiger partial charge is 0.423 e. The van der Waals surface area contributed by atoms with Crippen molar-refractivity contribution in [1.82, 2.24) is 4.98 Å². The van der Waals surface area contributed by atoms with Crippen molar-refractivity contribution < 1.29 is 12.8 Å². The van der Waals surface area contributed by atoms with Gasteiger partial charge in [-0.1, -0.05) is 39.0 Å². The summed E-state index contributed by atoms with van der Waals surface area (Å²) in [4.78, 5) is 6.67. The Morgan fingerprint density at radius 2 is 1.67 bits per heavy atom. The fourth-order valence-electron chi connectivity index (χ4n) is 2.80. The Morgan fingerprint density at radius 3 is 2.25 bits per heavy atom. The number of aromatic nitrogens is 1. The highest BCUT2D eigenvalue weighted by molar-refractivity contribution is 7.91. The predicted molar refractivity (Wildman–Crippen MR) is 93.2 cm³/mol. The Balaban J connectivity index is 2.13. The van der Waals surface area contributed by atoms with Crippen LogP contribution >= 0.6 is 0 Å². The third-order valence-electron chi connectivity index (χ3n) is 4.17. The van der Waals surface area contributed by atoms with Crippen molar-refractivity contribution in [2.75, 3.05) is 18.0 Å². The van der Waals surface area contributed by atoms with E-state index in [0.29, 0.717) is 11.8 Å². The molecule has 0 aliphatic carbocycles. The average Bonchev–Trinajstić information content (AvgIpc) is 3.03. The fraction of sp³-hybridized carbons (Fsp3) is 0.500. The zero-order chi connectivity index (χ0) is 17.4. The third-order valence-corrected chi connectivity index (χ3v) is 5.84. The lowest BCUT2D eigenvalue weighted by Crippen LogP contribution is -2.30. The molecule has 3 rings (SSSR count). The molecule has 24 heavy (non-hydrogen) atoms. The van der Waals surface area contributed by atoms with Gasteiger partial charge in [-0.2, -0.15) is 4.98 Å². The van der Waals surface area contributed by atoms with Gasteiger partial charge >= 0.3 is 0 Å². The molecule has 1 fully saturated rings. The lowest BCUT2D eigenvalue weighted by molar-refractivity contribution is 0.386. The number of benzene rings is 1. The molecule has 1 aromatic carbocycles. The van der Waals surface area contributed by atoms with Gasteiger partial charge in [0.2, 0.25) is 26.6 Å². The van der Waals surface area contributed by atoms with Crippen LogP contribution in [0.5, 0.6) is 0 Å². The summed E-state index contributed by atoms with van der Waals surface area (Å²) in [6, 6.07) is 8.44. The van der Waals surface area contributed by atoms with Crippen LogP contribution in [0.3, 0.4) is 0 Å². The van der Waals surface area contributed by atoms with Crippen molar-refractivity contribution in [2.45, 2.75) is 55.4 Å². The van der Waals surface area contributed by atoms with Crippen molar-refractivity contribution in [2.24, 2.45) is 0 Å². The third kappa shape index (κ3) is 3.20. The van der Waals surface area contributed by atoms with E-state index in [-0.39, 0.29) is 15.3 Å². The monoisotopic (exact) mass is 348 g/mol. The summed E-state index contributed by atoms with van der Waals surface area (Å²) in [6.45, 7) is 7.51. The van der Waals surface area contributed by atoms with E-state index in [1.807, 2.05) is 25.7 Å². The molecule has 0 N–H and O–H groups in total. The zero-order valence-corrected chi connectivity index (χ0v) is 15.3. The number of sulfone groups is 1. The number of hydrogen-bond acceptors (Lipinski definition) is 5. The van der Waals surface area contributed by atoms with Gasteiger partial charge in [-0.15, -0.1) is 0 Å². The van der Waals surface area contributed by atoms with Gasteiger partial charge in [-0.05, 0) is 31.4 Å². The minimum Gasteiger partial charge on any atom is -0.423 e. The second kappa shape index (κ2) is 6.24. The standard InChI is InChI=1S/C18H24N2O3S/c1-18(2,3)17-19-15(16(23-17)20-12-8-5-9-13-20)24(21,22)14-10-6-4-7-11-14/h4,6-7,10-11H,5,8-9,12-13H2,1-3H3. The van der Waals surface area contributed by atoms with Gasteiger partial charge in [0.15, 0.2) is 0 Å². The van der Waals surface area contributed by atoms with Gasteiger partial charge in [-0.25, -0.2) is 8.42 Å². The SMILES string of the molecule is CC(C)(C)c1nc(S(=O)(=O)c2ccccc2)c(N2CCCCC2)o1. The van der Waals surface area contributed by atoms with E-state index in [1.165, 1.54) is 0 Å². The molecule has 0 bridgehead atoms. The van der Waals surface area contributed by atoms with Crippen LogP contribution in [0.1, 0.15) is 45.9 Å². The van der Waals surface area contributed by atoms with E-state index in [9.17, 15) is 8.42 Å². The molecule has 0 unspecified atom stereocenters. The summed E-state index contributed by atoms with van der Waals surface area (Å²) < 4.78 is 32.1. The van der Waals surface area contributed by atoms with Gasteiger partial charge in [0.05, 0.1) is 4.90 Å². The van der Waals surface area contributed by atoms with Crippen LogP contribution in [0.2, 0.25) is 0 Å². The Labute approximate surface area is 143 Å². The molecule has 1 saturated heterocycles. The number of anilines is 1. The van der Waals surface area contributed by atoms with E-state index >= 15 is 0 Å². The molecule has 5 nitrogen and oxygen atoms in total.